The van der Waals surface area contributed by atoms with E-state index in [0.717, 1.165) is 19.8 Å². The zero-order valence-corrected chi connectivity index (χ0v) is 13.2. The van der Waals surface area contributed by atoms with Crippen LogP contribution in [-0.4, -0.2) is 19.8 Å². The van der Waals surface area contributed by atoms with E-state index in [4.69, 9.17) is 4.74 Å². The molecule has 2 aromatic rings. The molecule has 2 aromatic carbocycles. The van der Waals surface area contributed by atoms with Crippen LogP contribution in [0.25, 0.3) is 0 Å². The van der Waals surface area contributed by atoms with Crippen LogP contribution >= 0.6 is 0 Å². The molecule has 2 nitrogen and oxygen atoms in total. The molecule has 2 rings (SSSR count). The number of hydrogen-bond acceptors (Lipinski definition) is 2. The standard InChI is InChI=1S/C19H25NO/c1-4-21-13-12-20-19(17-8-6-5-7-9-17)18-14-15(2)10-11-16(18)3/h5-11,14,19-20H,4,12-13H2,1-3H3. The van der Waals surface area contributed by atoms with Crippen molar-refractivity contribution < 1.29 is 4.74 Å². The number of rotatable bonds is 7. The van der Waals surface area contributed by atoms with Crippen molar-refractivity contribution in [2.75, 3.05) is 19.8 Å². The summed E-state index contributed by atoms with van der Waals surface area (Å²) in [7, 11) is 0. The van der Waals surface area contributed by atoms with Crippen molar-refractivity contribution in [3.63, 3.8) is 0 Å². The third-order valence-electron chi connectivity index (χ3n) is 3.68. The Hall–Kier alpha value is -1.64. The van der Waals surface area contributed by atoms with Crippen LogP contribution in [0.3, 0.4) is 0 Å². The van der Waals surface area contributed by atoms with Crippen molar-refractivity contribution in [3.8, 4) is 0 Å². The summed E-state index contributed by atoms with van der Waals surface area (Å²) in [6.07, 6.45) is 0. The lowest BCUT2D eigenvalue weighted by molar-refractivity contribution is 0.148. The van der Waals surface area contributed by atoms with Crippen molar-refractivity contribution in [2.24, 2.45) is 0 Å². The maximum absolute atomic E-state index is 5.45. The van der Waals surface area contributed by atoms with Gasteiger partial charge in [0.2, 0.25) is 0 Å². The Bertz CT molecular complexity index is 551. The average Bonchev–Trinajstić information content (AvgIpc) is 2.51. The zero-order chi connectivity index (χ0) is 15.1. The molecular formula is C19H25NO. The minimum absolute atomic E-state index is 0.214. The van der Waals surface area contributed by atoms with Crippen molar-refractivity contribution in [2.45, 2.75) is 26.8 Å². The summed E-state index contributed by atoms with van der Waals surface area (Å²) < 4.78 is 5.45. The third kappa shape index (κ3) is 4.42. The molecule has 112 valence electrons. The second-order valence-corrected chi connectivity index (χ2v) is 5.35. The average molecular weight is 283 g/mol. The van der Waals surface area contributed by atoms with Gasteiger partial charge in [-0.05, 0) is 37.5 Å². The van der Waals surface area contributed by atoms with E-state index in [0.29, 0.717) is 0 Å². The maximum atomic E-state index is 5.45. The maximum Gasteiger partial charge on any atom is 0.0591 e. The van der Waals surface area contributed by atoms with Gasteiger partial charge in [-0.3, -0.25) is 0 Å². The summed E-state index contributed by atoms with van der Waals surface area (Å²) in [5, 5.41) is 3.63. The van der Waals surface area contributed by atoms with E-state index >= 15 is 0 Å². The molecule has 0 spiro atoms. The highest BCUT2D eigenvalue weighted by Crippen LogP contribution is 2.25. The fourth-order valence-electron chi connectivity index (χ4n) is 2.54. The summed E-state index contributed by atoms with van der Waals surface area (Å²) in [6.45, 7) is 8.70. The molecular weight excluding hydrogens is 258 g/mol. The Kier molecular flexibility index (Phi) is 5.97. The molecule has 1 N–H and O–H groups in total. The topological polar surface area (TPSA) is 21.3 Å². The second kappa shape index (κ2) is 7.96. The van der Waals surface area contributed by atoms with Gasteiger partial charge in [0.25, 0.3) is 0 Å². The Morgan fingerprint density at radius 1 is 1.05 bits per heavy atom. The van der Waals surface area contributed by atoms with Gasteiger partial charge >= 0.3 is 0 Å². The van der Waals surface area contributed by atoms with Crippen molar-refractivity contribution >= 4 is 0 Å². The van der Waals surface area contributed by atoms with Crippen molar-refractivity contribution in [1.29, 1.82) is 0 Å². The van der Waals surface area contributed by atoms with Crippen LogP contribution in [0.5, 0.6) is 0 Å². The van der Waals surface area contributed by atoms with Gasteiger partial charge in [0.1, 0.15) is 0 Å². The molecule has 0 aliphatic rings. The van der Waals surface area contributed by atoms with E-state index in [9.17, 15) is 0 Å². The Labute approximate surface area is 128 Å². The van der Waals surface area contributed by atoms with Crippen LogP contribution in [0.4, 0.5) is 0 Å². The lowest BCUT2D eigenvalue weighted by atomic mass is 9.93. The van der Waals surface area contributed by atoms with E-state index in [1.807, 2.05) is 6.92 Å². The Balaban J connectivity index is 2.25. The van der Waals surface area contributed by atoms with Gasteiger partial charge in [-0.15, -0.1) is 0 Å². The van der Waals surface area contributed by atoms with Crippen LogP contribution in [0.15, 0.2) is 48.5 Å². The highest BCUT2D eigenvalue weighted by Gasteiger charge is 2.15. The highest BCUT2D eigenvalue weighted by atomic mass is 16.5. The summed E-state index contributed by atoms with van der Waals surface area (Å²) >= 11 is 0. The number of ether oxygens (including phenoxy) is 1. The van der Waals surface area contributed by atoms with Gasteiger partial charge in [-0.2, -0.15) is 0 Å². The van der Waals surface area contributed by atoms with Gasteiger partial charge in [-0.25, -0.2) is 0 Å². The lowest BCUT2D eigenvalue weighted by Gasteiger charge is -2.22. The van der Waals surface area contributed by atoms with Gasteiger partial charge in [0.15, 0.2) is 0 Å². The number of hydrogen-bond donors (Lipinski definition) is 1. The molecule has 0 amide bonds. The van der Waals surface area contributed by atoms with Crippen LogP contribution in [0.2, 0.25) is 0 Å². The smallest absolute Gasteiger partial charge is 0.0591 e. The molecule has 0 heterocycles. The molecule has 0 fully saturated rings. The predicted molar refractivity (Wildman–Crippen MR) is 88.7 cm³/mol. The normalized spacial score (nSPS) is 12.3. The molecule has 21 heavy (non-hydrogen) atoms. The van der Waals surface area contributed by atoms with Crippen molar-refractivity contribution in [3.05, 3.63) is 70.8 Å². The fourth-order valence-corrected chi connectivity index (χ4v) is 2.54. The number of benzene rings is 2. The quantitative estimate of drug-likeness (QED) is 0.775. The summed E-state index contributed by atoms with van der Waals surface area (Å²) in [6, 6.07) is 17.5. The largest absolute Gasteiger partial charge is 0.380 e. The molecule has 0 radical (unpaired) electrons. The SMILES string of the molecule is CCOCCNC(c1ccccc1)c1cc(C)ccc1C. The van der Waals surface area contributed by atoms with Crippen LogP contribution in [-0.2, 0) is 4.74 Å². The van der Waals surface area contributed by atoms with Gasteiger partial charge in [-0.1, -0.05) is 54.1 Å². The molecule has 0 aliphatic carbocycles. The van der Waals surface area contributed by atoms with Gasteiger partial charge in [0, 0.05) is 13.2 Å². The minimum Gasteiger partial charge on any atom is -0.380 e. The van der Waals surface area contributed by atoms with E-state index < -0.39 is 0 Å². The van der Waals surface area contributed by atoms with E-state index in [2.05, 4.69) is 67.7 Å². The first kappa shape index (κ1) is 15.7. The highest BCUT2D eigenvalue weighted by molar-refractivity contribution is 5.39. The van der Waals surface area contributed by atoms with Gasteiger partial charge in [0.05, 0.1) is 12.6 Å². The summed E-state index contributed by atoms with van der Waals surface area (Å²) in [5.74, 6) is 0. The van der Waals surface area contributed by atoms with Crippen molar-refractivity contribution in [1.82, 2.24) is 5.32 Å². The minimum atomic E-state index is 0.214. The molecule has 2 heteroatoms. The summed E-state index contributed by atoms with van der Waals surface area (Å²) in [4.78, 5) is 0. The molecule has 0 aliphatic heterocycles. The number of aryl methyl sites for hydroxylation is 2. The molecule has 0 saturated carbocycles. The molecule has 0 saturated heterocycles. The lowest BCUT2D eigenvalue weighted by Crippen LogP contribution is -2.27. The molecule has 0 aromatic heterocycles. The van der Waals surface area contributed by atoms with Crippen LogP contribution < -0.4 is 5.32 Å². The third-order valence-corrected chi connectivity index (χ3v) is 3.68. The first-order valence-electron chi connectivity index (χ1n) is 7.65. The monoisotopic (exact) mass is 283 g/mol. The Morgan fingerprint density at radius 2 is 1.81 bits per heavy atom. The fraction of sp³-hybridized carbons (Fsp3) is 0.368. The van der Waals surface area contributed by atoms with E-state index in [1.165, 1.54) is 22.3 Å². The van der Waals surface area contributed by atoms with E-state index in [-0.39, 0.29) is 6.04 Å². The molecule has 1 unspecified atom stereocenters. The molecule has 0 bridgehead atoms. The van der Waals surface area contributed by atoms with Crippen LogP contribution in [0, 0.1) is 13.8 Å². The van der Waals surface area contributed by atoms with E-state index in [1.54, 1.807) is 0 Å². The summed E-state index contributed by atoms with van der Waals surface area (Å²) in [5.41, 5.74) is 5.25. The first-order chi connectivity index (χ1) is 10.2. The Morgan fingerprint density at radius 3 is 2.52 bits per heavy atom. The number of nitrogens with one attached hydrogen (secondary N) is 1. The first-order valence-corrected chi connectivity index (χ1v) is 7.65. The molecule has 1 atom stereocenters. The predicted octanol–water partition coefficient (Wildman–Crippen LogP) is 4.02. The zero-order valence-electron chi connectivity index (χ0n) is 13.2. The van der Waals surface area contributed by atoms with Gasteiger partial charge < -0.3 is 10.1 Å². The van der Waals surface area contributed by atoms with Crippen LogP contribution in [0.1, 0.15) is 35.2 Å². The second-order valence-electron chi connectivity index (χ2n) is 5.35.